The Labute approximate surface area is 151 Å². The maximum atomic E-state index is 5.72. The Morgan fingerprint density at radius 1 is 1.36 bits per heavy atom. The van der Waals surface area contributed by atoms with Gasteiger partial charge in [0.05, 0.1) is 12.7 Å². The first-order valence-corrected chi connectivity index (χ1v) is 8.10. The van der Waals surface area contributed by atoms with Crippen LogP contribution in [0.15, 0.2) is 4.99 Å². The second-order valence-electron chi connectivity index (χ2n) is 6.01. The fraction of sp³-hybridized carbons (Fsp3) is 0.933. The van der Waals surface area contributed by atoms with Crippen LogP contribution in [0.25, 0.3) is 0 Å². The average molecular weight is 426 g/mol. The van der Waals surface area contributed by atoms with Crippen molar-refractivity contribution in [2.75, 3.05) is 60.1 Å². The molecule has 22 heavy (non-hydrogen) atoms. The molecule has 6 nitrogen and oxygen atoms in total. The summed E-state index contributed by atoms with van der Waals surface area (Å²) in [5, 5.41) is 6.64. The largest absolute Gasteiger partial charge is 0.381 e. The number of likely N-dealkylation sites (N-methyl/N-ethyl adjacent to an activating group) is 1. The molecule has 1 aliphatic heterocycles. The standard InChI is InChI=1S/C15H30N4O2.HI/c1-16-15(17-6-3-8-20-12-13-4-5-13)18-10-14-11-19(2)7-9-21-14;/h13-14H,3-12H2,1-2H3,(H2,16,17,18);1H. The number of rotatable bonds is 8. The Balaban J connectivity index is 0.00000242. The number of ether oxygens (including phenoxy) is 2. The van der Waals surface area contributed by atoms with E-state index >= 15 is 0 Å². The van der Waals surface area contributed by atoms with Crippen molar-refractivity contribution < 1.29 is 9.47 Å². The van der Waals surface area contributed by atoms with Gasteiger partial charge >= 0.3 is 0 Å². The van der Waals surface area contributed by atoms with Gasteiger partial charge in [-0.05, 0) is 32.2 Å². The number of aliphatic imine (C=N–C) groups is 1. The lowest BCUT2D eigenvalue weighted by Crippen LogP contribution is -2.48. The van der Waals surface area contributed by atoms with Crippen molar-refractivity contribution in [1.29, 1.82) is 0 Å². The molecule has 2 rings (SSSR count). The van der Waals surface area contributed by atoms with E-state index in [2.05, 4.69) is 27.6 Å². The second-order valence-corrected chi connectivity index (χ2v) is 6.01. The molecule has 2 fully saturated rings. The zero-order valence-electron chi connectivity index (χ0n) is 13.8. The molecule has 1 unspecified atom stereocenters. The van der Waals surface area contributed by atoms with Crippen molar-refractivity contribution in [3.63, 3.8) is 0 Å². The van der Waals surface area contributed by atoms with E-state index in [1.54, 1.807) is 7.05 Å². The molecule has 0 radical (unpaired) electrons. The van der Waals surface area contributed by atoms with Gasteiger partial charge in [0.15, 0.2) is 5.96 Å². The zero-order chi connectivity index (χ0) is 14.9. The monoisotopic (exact) mass is 426 g/mol. The third-order valence-electron chi connectivity index (χ3n) is 3.87. The highest BCUT2D eigenvalue weighted by Gasteiger charge is 2.20. The van der Waals surface area contributed by atoms with E-state index in [9.17, 15) is 0 Å². The van der Waals surface area contributed by atoms with Gasteiger partial charge in [0.25, 0.3) is 0 Å². The molecule has 1 aliphatic carbocycles. The van der Waals surface area contributed by atoms with Gasteiger partial charge in [-0.1, -0.05) is 0 Å². The first kappa shape index (κ1) is 19.9. The van der Waals surface area contributed by atoms with Crippen molar-refractivity contribution in [1.82, 2.24) is 15.5 Å². The van der Waals surface area contributed by atoms with Crippen molar-refractivity contribution in [2.24, 2.45) is 10.9 Å². The number of hydrogen-bond donors (Lipinski definition) is 2. The predicted molar refractivity (Wildman–Crippen MR) is 100 cm³/mol. The molecular formula is C15H31IN4O2. The fourth-order valence-corrected chi connectivity index (χ4v) is 2.34. The summed E-state index contributed by atoms with van der Waals surface area (Å²) < 4.78 is 11.3. The maximum absolute atomic E-state index is 5.72. The van der Waals surface area contributed by atoms with Gasteiger partial charge in [-0.3, -0.25) is 4.99 Å². The average Bonchev–Trinajstić information content (AvgIpc) is 3.30. The molecular weight excluding hydrogens is 395 g/mol. The molecule has 1 saturated heterocycles. The molecule has 2 aliphatic rings. The van der Waals surface area contributed by atoms with Crippen LogP contribution in [0.1, 0.15) is 19.3 Å². The topological polar surface area (TPSA) is 58.1 Å². The molecule has 0 spiro atoms. The highest BCUT2D eigenvalue weighted by molar-refractivity contribution is 14.0. The minimum absolute atomic E-state index is 0. The third-order valence-corrected chi connectivity index (χ3v) is 3.87. The molecule has 1 saturated carbocycles. The summed E-state index contributed by atoms with van der Waals surface area (Å²) in [5.74, 6) is 1.69. The van der Waals surface area contributed by atoms with E-state index in [4.69, 9.17) is 9.47 Å². The molecule has 1 atom stereocenters. The summed E-state index contributed by atoms with van der Waals surface area (Å²) >= 11 is 0. The van der Waals surface area contributed by atoms with Gasteiger partial charge in [-0.25, -0.2) is 0 Å². The highest BCUT2D eigenvalue weighted by Crippen LogP contribution is 2.28. The Morgan fingerprint density at radius 2 is 2.18 bits per heavy atom. The van der Waals surface area contributed by atoms with Crippen molar-refractivity contribution in [3.8, 4) is 0 Å². The molecule has 0 aromatic heterocycles. The van der Waals surface area contributed by atoms with E-state index in [-0.39, 0.29) is 30.1 Å². The summed E-state index contributed by atoms with van der Waals surface area (Å²) in [7, 11) is 3.93. The summed E-state index contributed by atoms with van der Waals surface area (Å²) in [6.45, 7) is 6.25. The van der Waals surface area contributed by atoms with Crippen LogP contribution in [0.4, 0.5) is 0 Å². The van der Waals surface area contributed by atoms with Crippen LogP contribution in [0.2, 0.25) is 0 Å². The van der Waals surface area contributed by atoms with E-state index in [0.29, 0.717) is 0 Å². The van der Waals surface area contributed by atoms with Gasteiger partial charge in [-0.2, -0.15) is 0 Å². The van der Waals surface area contributed by atoms with E-state index in [1.165, 1.54) is 12.8 Å². The second kappa shape index (κ2) is 11.4. The predicted octanol–water partition coefficient (Wildman–Crippen LogP) is 0.917. The highest BCUT2D eigenvalue weighted by atomic mass is 127. The lowest BCUT2D eigenvalue weighted by Gasteiger charge is -2.30. The van der Waals surface area contributed by atoms with E-state index < -0.39 is 0 Å². The molecule has 1 heterocycles. The first-order chi connectivity index (χ1) is 10.3. The molecule has 7 heteroatoms. The number of halogens is 1. The Hall–Kier alpha value is -0.120. The minimum Gasteiger partial charge on any atom is -0.381 e. The van der Waals surface area contributed by atoms with Gasteiger partial charge in [0, 0.05) is 46.4 Å². The number of nitrogens with one attached hydrogen (secondary N) is 2. The smallest absolute Gasteiger partial charge is 0.191 e. The maximum Gasteiger partial charge on any atom is 0.191 e. The lowest BCUT2D eigenvalue weighted by atomic mass is 10.3. The summed E-state index contributed by atoms with van der Waals surface area (Å²) in [5.41, 5.74) is 0. The Morgan fingerprint density at radius 3 is 2.86 bits per heavy atom. The zero-order valence-corrected chi connectivity index (χ0v) is 16.2. The summed E-state index contributed by atoms with van der Waals surface area (Å²) in [4.78, 5) is 6.53. The number of nitrogens with zero attached hydrogens (tertiary/aromatic N) is 2. The van der Waals surface area contributed by atoms with Crippen LogP contribution in [-0.4, -0.2) is 77.1 Å². The van der Waals surface area contributed by atoms with Crippen LogP contribution < -0.4 is 10.6 Å². The quantitative estimate of drug-likeness (QED) is 0.262. The fourth-order valence-electron chi connectivity index (χ4n) is 2.34. The minimum atomic E-state index is 0. The Kier molecular flexibility index (Phi) is 10.3. The molecule has 0 aromatic carbocycles. The first-order valence-electron chi connectivity index (χ1n) is 8.10. The molecule has 2 N–H and O–H groups in total. The van der Waals surface area contributed by atoms with Gasteiger partial charge in [-0.15, -0.1) is 24.0 Å². The summed E-state index contributed by atoms with van der Waals surface area (Å²) in [6, 6.07) is 0. The van der Waals surface area contributed by atoms with Crippen LogP contribution in [-0.2, 0) is 9.47 Å². The molecule has 130 valence electrons. The molecule has 0 bridgehead atoms. The number of hydrogen-bond acceptors (Lipinski definition) is 4. The van der Waals surface area contributed by atoms with Crippen molar-refractivity contribution >= 4 is 29.9 Å². The number of guanidine groups is 1. The van der Waals surface area contributed by atoms with Gasteiger partial charge in [0.2, 0.25) is 0 Å². The van der Waals surface area contributed by atoms with Gasteiger partial charge < -0.3 is 25.0 Å². The normalized spacial score (nSPS) is 23.0. The van der Waals surface area contributed by atoms with Crippen molar-refractivity contribution in [3.05, 3.63) is 0 Å². The van der Waals surface area contributed by atoms with Gasteiger partial charge in [0.1, 0.15) is 0 Å². The summed E-state index contributed by atoms with van der Waals surface area (Å²) in [6.07, 6.45) is 3.96. The van der Waals surface area contributed by atoms with Crippen molar-refractivity contribution in [2.45, 2.75) is 25.4 Å². The molecule has 0 amide bonds. The van der Waals surface area contributed by atoms with E-state index in [0.717, 1.165) is 64.3 Å². The van der Waals surface area contributed by atoms with E-state index in [1.807, 2.05) is 0 Å². The van der Waals surface area contributed by atoms with Crippen LogP contribution in [0.3, 0.4) is 0 Å². The van der Waals surface area contributed by atoms with Crippen LogP contribution in [0, 0.1) is 5.92 Å². The van der Waals surface area contributed by atoms with Crippen LogP contribution in [0.5, 0.6) is 0 Å². The SMILES string of the molecule is CN=C(NCCCOCC1CC1)NCC1CN(C)CCO1.I. The lowest BCUT2D eigenvalue weighted by molar-refractivity contribution is -0.0161. The third kappa shape index (κ3) is 8.50. The Bertz CT molecular complexity index is 327. The number of morpholine rings is 1. The van der Waals surface area contributed by atoms with Crippen LogP contribution >= 0.6 is 24.0 Å². The molecule has 0 aromatic rings.